The zero-order valence-electron chi connectivity index (χ0n) is 17.9. The number of carbonyl (C=O) groups is 2. The average Bonchev–Trinajstić information content (AvgIpc) is 2.86. The van der Waals surface area contributed by atoms with Crippen LogP contribution in [0.1, 0.15) is 22.6 Å². The largest absolute Gasteiger partial charge is 0.416 e. The number of hydrogen-bond acceptors (Lipinski definition) is 4. The summed E-state index contributed by atoms with van der Waals surface area (Å²) in [6, 6.07) is 16.5. The number of para-hydroxylation sites is 1. The topological polar surface area (TPSA) is 83.6 Å². The van der Waals surface area contributed by atoms with E-state index in [4.69, 9.17) is 11.6 Å². The lowest BCUT2D eigenvalue weighted by Gasteiger charge is -2.24. The van der Waals surface area contributed by atoms with E-state index in [1.807, 2.05) is 0 Å². The molecule has 3 aromatic carbocycles. The van der Waals surface area contributed by atoms with Gasteiger partial charge in [-0.3, -0.25) is 13.9 Å². The first-order valence-corrected chi connectivity index (χ1v) is 12.3. The van der Waals surface area contributed by atoms with Gasteiger partial charge in [0.2, 0.25) is 15.9 Å². The lowest BCUT2D eigenvalue weighted by atomic mass is 9.92. The van der Waals surface area contributed by atoms with Gasteiger partial charge < -0.3 is 5.32 Å². The van der Waals surface area contributed by atoms with Crippen LogP contribution in [0.3, 0.4) is 0 Å². The molecule has 35 heavy (non-hydrogen) atoms. The molecular formula is C24H18ClF3N2O4S. The van der Waals surface area contributed by atoms with Gasteiger partial charge in [0.05, 0.1) is 17.8 Å². The van der Waals surface area contributed by atoms with Gasteiger partial charge in [-0.25, -0.2) is 8.42 Å². The molecular weight excluding hydrogens is 505 g/mol. The average molecular weight is 523 g/mol. The molecule has 0 aromatic heterocycles. The number of amides is 1. The third-order valence-corrected chi connectivity index (χ3v) is 7.36. The summed E-state index contributed by atoms with van der Waals surface area (Å²) >= 11 is 5.91. The number of sulfonamides is 1. The van der Waals surface area contributed by atoms with Gasteiger partial charge in [0.25, 0.3) is 0 Å². The van der Waals surface area contributed by atoms with Crippen molar-refractivity contribution in [3.63, 3.8) is 0 Å². The summed E-state index contributed by atoms with van der Waals surface area (Å²) in [5.41, 5.74) is -0.263. The number of ketones is 1. The van der Waals surface area contributed by atoms with Crippen LogP contribution in [0.25, 0.3) is 0 Å². The molecule has 6 nitrogen and oxygen atoms in total. The molecule has 1 aliphatic rings. The van der Waals surface area contributed by atoms with Crippen LogP contribution in [0.4, 0.5) is 24.5 Å². The fourth-order valence-electron chi connectivity index (χ4n) is 3.84. The molecule has 0 aliphatic carbocycles. The maximum Gasteiger partial charge on any atom is 0.416 e. The van der Waals surface area contributed by atoms with Gasteiger partial charge in [-0.2, -0.15) is 13.2 Å². The summed E-state index contributed by atoms with van der Waals surface area (Å²) in [5.74, 6) is -4.30. The molecule has 1 N–H and O–H groups in total. The molecule has 182 valence electrons. The minimum absolute atomic E-state index is 0.105. The molecule has 1 unspecified atom stereocenters. The molecule has 0 bridgehead atoms. The van der Waals surface area contributed by atoms with Crippen molar-refractivity contribution < 1.29 is 31.2 Å². The molecule has 11 heteroatoms. The highest BCUT2D eigenvalue weighted by Gasteiger charge is 2.41. The Hall–Kier alpha value is -3.37. The Morgan fingerprint density at radius 2 is 1.71 bits per heavy atom. The number of fused-ring (bicyclic) bond motifs is 1. The fourth-order valence-corrected chi connectivity index (χ4v) is 5.46. The summed E-state index contributed by atoms with van der Waals surface area (Å²) in [6.45, 7) is -0.105. The smallest absolute Gasteiger partial charge is 0.325 e. The summed E-state index contributed by atoms with van der Waals surface area (Å²) in [6.07, 6.45) is -4.62. The standard InChI is InChI=1S/C24H18ClF3N2O4S/c25-17-10-8-15(9-11-17)13-30-20-7-2-1-6-19(20)22(21(31)14-35(30,33)34)23(32)29-18-5-3-4-16(12-18)24(26,27)28/h1-12,22H,13-14H2,(H,29,32). The van der Waals surface area contributed by atoms with Crippen LogP contribution in [0.2, 0.25) is 5.02 Å². The number of nitrogens with one attached hydrogen (secondary N) is 1. The number of anilines is 2. The summed E-state index contributed by atoms with van der Waals surface area (Å²) in [7, 11) is -4.17. The van der Waals surface area contributed by atoms with Crippen molar-refractivity contribution in [2.75, 3.05) is 15.4 Å². The van der Waals surface area contributed by atoms with Crippen LogP contribution in [-0.4, -0.2) is 25.9 Å². The number of Topliss-reactive ketones (excluding diaryl/α,β-unsaturated/α-hetero) is 1. The zero-order chi connectivity index (χ0) is 25.4. The Bertz CT molecular complexity index is 1390. The maximum absolute atomic E-state index is 13.2. The summed E-state index contributed by atoms with van der Waals surface area (Å²) in [5, 5.41) is 2.80. The van der Waals surface area contributed by atoms with Gasteiger partial charge in [-0.15, -0.1) is 0 Å². The van der Waals surface area contributed by atoms with Crippen molar-refractivity contribution in [3.05, 3.63) is 94.5 Å². The minimum Gasteiger partial charge on any atom is -0.325 e. The highest BCUT2D eigenvalue weighted by molar-refractivity contribution is 7.93. The first kappa shape index (κ1) is 24.7. The molecule has 1 amide bonds. The second-order valence-corrected chi connectivity index (χ2v) is 10.2. The minimum atomic E-state index is -4.62. The van der Waals surface area contributed by atoms with E-state index < -0.39 is 45.1 Å². The van der Waals surface area contributed by atoms with E-state index in [2.05, 4.69) is 5.32 Å². The number of alkyl halides is 3. The molecule has 0 spiro atoms. The fraction of sp³-hybridized carbons (Fsp3) is 0.167. The number of halogens is 4. The van der Waals surface area contributed by atoms with Gasteiger partial charge >= 0.3 is 6.18 Å². The monoisotopic (exact) mass is 522 g/mol. The van der Waals surface area contributed by atoms with Gasteiger partial charge in [0.1, 0.15) is 11.7 Å². The number of benzene rings is 3. The Balaban J connectivity index is 1.72. The third kappa shape index (κ3) is 5.33. The number of nitrogens with zero attached hydrogens (tertiary/aromatic N) is 1. The maximum atomic E-state index is 13.2. The van der Waals surface area contributed by atoms with Crippen LogP contribution in [0.15, 0.2) is 72.8 Å². The molecule has 0 fully saturated rings. The van der Waals surface area contributed by atoms with Crippen LogP contribution < -0.4 is 9.62 Å². The third-order valence-electron chi connectivity index (χ3n) is 5.46. The molecule has 1 atom stereocenters. The summed E-state index contributed by atoms with van der Waals surface area (Å²) < 4.78 is 66.5. The van der Waals surface area contributed by atoms with Gasteiger partial charge in [-0.05, 0) is 47.5 Å². The van der Waals surface area contributed by atoms with E-state index >= 15 is 0 Å². The zero-order valence-corrected chi connectivity index (χ0v) is 19.5. The molecule has 1 heterocycles. The van der Waals surface area contributed by atoms with E-state index in [0.717, 1.165) is 22.5 Å². The Labute approximate surface area is 204 Å². The highest BCUT2D eigenvalue weighted by Crippen LogP contribution is 2.36. The van der Waals surface area contributed by atoms with Gasteiger partial charge in [-0.1, -0.05) is 48.0 Å². The first-order valence-electron chi connectivity index (χ1n) is 10.3. The lowest BCUT2D eigenvalue weighted by molar-refractivity contribution is -0.137. The van der Waals surface area contributed by atoms with Crippen molar-refractivity contribution in [1.82, 2.24) is 0 Å². The molecule has 4 rings (SSSR count). The number of hydrogen-bond donors (Lipinski definition) is 1. The van der Waals surface area contributed by atoms with E-state index in [1.165, 1.54) is 18.2 Å². The predicted octanol–water partition coefficient (Wildman–Crippen LogP) is 5.00. The van der Waals surface area contributed by atoms with Crippen molar-refractivity contribution in [2.24, 2.45) is 0 Å². The molecule has 0 radical (unpaired) electrons. The number of rotatable bonds is 4. The molecule has 3 aromatic rings. The van der Waals surface area contributed by atoms with Gasteiger partial charge in [0, 0.05) is 10.7 Å². The number of carbonyl (C=O) groups excluding carboxylic acids is 2. The van der Waals surface area contributed by atoms with Crippen LogP contribution in [-0.2, 0) is 32.3 Å². The van der Waals surface area contributed by atoms with Crippen molar-refractivity contribution in [2.45, 2.75) is 18.6 Å². The van der Waals surface area contributed by atoms with E-state index in [0.29, 0.717) is 10.6 Å². The lowest BCUT2D eigenvalue weighted by Crippen LogP contribution is -2.34. The highest BCUT2D eigenvalue weighted by atomic mass is 35.5. The van der Waals surface area contributed by atoms with Crippen molar-refractivity contribution in [1.29, 1.82) is 0 Å². The molecule has 0 saturated carbocycles. The van der Waals surface area contributed by atoms with Gasteiger partial charge in [0.15, 0.2) is 5.78 Å². The Morgan fingerprint density at radius 3 is 2.40 bits per heavy atom. The SMILES string of the molecule is O=C1CS(=O)(=O)N(Cc2ccc(Cl)cc2)c2ccccc2C1C(=O)Nc1cccc(C(F)(F)F)c1. The van der Waals surface area contributed by atoms with E-state index in [9.17, 15) is 31.2 Å². The quantitative estimate of drug-likeness (QED) is 0.489. The van der Waals surface area contributed by atoms with Crippen LogP contribution in [0, 0.1) is 0 Å². The van der Waals surface area contributed by atoms with Crippen molar-refractivity contribution >= 4 is 44.7 Å². The van der Waals surface area contributed by atoms with E-state index in [-0.39, 0.29) is 23.5 Å². The summed E-state index contributed by atoms with van der Waals surface area (Å²) in [4.78, 5) is 26.2. The molecule has 0 saturated heterocycles. The second kappa shape index (κ2) is 9.35. The Kier molecular flexibility index (Phi) is 6.61. The second-order valence-electron chi connectivity index (χ2n) is 7.92. The first-order chi connectivity index (χ1) is 16.5. The Morgan fingerprint density at radius 1 is 1.03 bits per heavy atom. The normalized spacial score (nSPS) is 17.4. The van der Waals surface area contributed by atoms with Crippen LogP contribution in [0.5, 0.6) is 0 Å². The molecule has 1 aliphatic heterocycles. The predicted molar refractivity (Wildman–Crippen MR) is 126 cm³/mol. The van der Waals surface area contributed by atoms with E-state index in [1.54, 1.807) is 36.4 Å². The van der Waals surface area contributed by atoms with Crippen molar-refractivity contribution in [3.8, 4) is 0 Å². The van der Waals surface area contributed by atoms with Crippen LogP contribution >= 0.6 is 11.6 Å².